The number of aromatic nitrogens is 2. The molecule has 0 radical (unpaired) electrons. The van der Waals surface area contributed by atoms with Crippen molar-refractivity contribution in [1.82, 2.24) is 36.1 Å². The number of ether oxygens (including phenoxy) is 2. The number of esters is 1. The van der Waals surface area contributed by atoms with Crippen LogP contribution in [0.5, 0.6) is 0 Å². The van der Waals surface area contributed by atoms with Crippen LogP contribution in [-0.4, -0.2) is 94.3 Å². The molecule has 6 N–H and O–H groups in total. The molecule has 0 fully saturated rings. The molecule has 1 heterocycles. The van der Waals surface area contributed by atoms with Crippen LogP contribution >= 0.6 is 0 Å². The van der Waals surface area contributed by atoms with Gasteiger partial charge in [-0.2, -0.15) is 0 Å². The maximum absolute atomic E-state index is 13.7. The highest BCUT2D eigenvalue weighted by atomic mass is 16.5. The quantitative estimate of drug-likeness (QED) is 0.119. The van der Waals surface area contributed by atoms with Crippen LogP contribution in [0.15, 0.2) is 73.2 Å². The molecule has 2 aromatic carbocycles. The predicted octanol–water partition coefficient (Wildman–Crippen LogP) is 2.19. The molecule has 4 atom stereocenters. The summed E-state index contributed by atoms with van der Waals surface area (Å²) in [5, 5.41) is 20.4. The fraction of sp³-hybridized carbons (Fsp3) is 0.400. The average Bonchev–Trinajstić information content (AvgIpc) is 3.63. The van der Waals surface area contributed by atoms with E-state index in [0.717, 1.165) is 12.6 Å². The number of H-pyrrole nitrogens is 1. The number of aliphatic hydroxyl groups excluding tert-OH is 1. The third-order valence-corrected chi connectivity index (χ3v) is 7.66. The molecule has 3 rings (SSSR count). The molecular weight excluding hydrogens is 662 g/mol. The van der Waals surface area contributed by atoms with Crippen molar-refractivity contribution in [1.29, 1.82) is 0 Å². The molecule has 0 saturated carbocycles. The van der Waals surface area contributed by atoms with Gasteiger partial charge in [0.25, 0.3) is 5.91 Å². The second-order valence-electron chi connectivity index (χ2n) is 12.2. The number of aliphatic hydroxyl groups is 1. The molecule has 1 aromatic heterocycles. The molecule has 0 saturated heterocycles. The molecule has 3 aromatic rings. The van der Waals surface area contributed by atoms with Gasteiger partial charge in [-0.15, -0.1) is 0 Å². The molecule has 0 aliphatic heterocycles. The predicted molar refractivity (Wildman–Crippen MR) is 184 cm³/mol. The van der Waals surface area contributed by atoms with E-state index < -0.39 is 60.2 Å². The largest absolute Gasteiger partial charge is 0.469 e. The summed E-state index contributed by atoms with van der Waals surface area (Å²) in [4.78, 5) is 85.2. The number of methoxy groups -OCH3 is 1. The molecule has 0 spiro atoms. The Balaban J connectivity index is 1.73. The van der Waals surface area contributed by atoms with E-state index in [1.165, 1.54) is 19.6 Å². The number of rotatable bonds is 16. The highest BCUT2D eigenvalue weighted by Gasteiger charge is 2.32. The minimum atomic E-state index is -1.37. The number of hydrogen-bond donors (Lipinski definition) is 6. The number of imidazole rings is 1. The summed E-state index contributed by atoms with van der Waals surface area (Å²) in [5.41, 5.74) is 1.90. The lowest BCUT2D eigenvalue weighted by Crippen LogP contribution is -2.58. The number of nitrogens with zero attached hydrogens (tertiary/aromatic N) is 2. The number of aromatic amines is 1. The first-order valence-corrected chi connectivity index (χ1v) is 16.3. The lowest BCUT2D eigenvalue weighted by molar-refractivity contribution is -0.143. The van der Waals surface area contributed by atoms with E-state index in [4.69, 9.17) is 4.74 Å². The normalized spacial score (nSPS) is 13.1. The first kappa shape index (κ1) is 39.7. The van der Waals surface area contributed by atoms with E-state index in [2.05, 4.69) is 36.0 Å². The Bertz CT molecular complexity index is 1590. The minimum absolute atomic E-state index is 0.00100. The second kappa shape index (κ2) is 20.0. The van der Waals surface area contributed by atoms with Crippen molar-refractivity contribution in [2.75, 3.05) is 14.2 Å². The highest BCUT2D eigenvalue weighted by Crippen LogP contribution is 2.13. The van der Waals surface area contributed by atoms with Crippen molar-refractivity contribution >= 4 is 35.9 Å². The number of urea groups is 2. The fourth-order valence-corrected chi connectivity index (χ4v) is 4.90. The van der Waals surface area contributed by atoms with Crippen molar-refractivity contribution < 1.29 is 43.3 Å². The molecule has 16 heteroatoms. The first-order chi connectivity index (χ1) is 24.4. The van der Waals surface area contributed by atoms with Crippen LogP contribution in [0.25, 0.3) is 0 Å². The molecule has 274 valence electrons. The van der Waals surface area contributed by atoms with Gasteiger partial charge in [-0.1, -0.05) is 74.5 Å². The molecule has 7 amide bonds. The van der Waals surface area contributed by atoms with Gasteiger partial charge >= 0.3 is 24.1 Å². The molecule has 51 heavy (non-hydrogen) atoms. The summed E-state index contributed by atoms with van der Waals surface area (Å²) in [6.45, 7) is 3.66. The van der Waals surface area contributed by atoms with Crippen LogP contribution < -0.4 is 21.3 Å². The number of nitrogens with one attached hydrogen (secondary N) is 5. The van der Waals surface area contributed by atoms with Crippen LogP contribution in [0.4, 0.5) is 14.4 Å². The van der Waals surface area contributed by atoms with Crippen LogP contribution in [0.3, 0.4) is 0 Å². The SMILES string of the molecule is COC(=O)CC(O)C(CC(C)C)NC(=O)N(C)C(=O)NC(=O)[C@H](Cc1cnc[nH]1)NC(=O)[C@H](Cc1ccccc1)NC(=O)OCc1ccccc1. The van der Waals surface area contributed by atoms with Crippen LogP contribution in [0.1, 0.15) is 43.5 Å². The van der Waals surface area contributed by atoms with Crippen LogP contribution in [0, 0.1) is 5.92 Å². The summed E-state index contributed by atoms with van der Waals surface area (Å²) < 4.78 is 9.93. The molecule has 0 bridgehead atoms. The smallest absolute Gasteiger partial charge is 0.408 e. The molecule has 0 aliphatic rings. The third-order valence-electron chi connectivity index (χ3n) is 7.66. The van der Waals surface area contributed by atoms with E-state index in [0.29, 0.717) is 16.2 Å². The Morgan fingerprint density at radius 1 is 0.843 bits per heavy atom. The Morgan fingerprint density at radius 3 is 2.06 bits per heavy atom. The van der Waals surface area contributed by atoms with Gasteiger partial charge in [0.2, 0.25) is 5.91 Å². The van der Waals surface area contributed by atoms with E-state index >= 15 is 0 Å². The number of hydrogen-bond acceptors (Lipinski definition) is 10. The van der Waals surface area contributed by atoms with Crippen LogP contribution in [0.2, 0.25) is 0 Å². The van der Waals surface area contributed by atoms with Crippen molar-refractivity contribution in [3.8, 4) is 0 Å². The van der Waals surface area contributed by atoms with Gasteiger partial charge in [-0.25, -0.2) is 24.3 Å². The first-order valence-electron chi connectivity index (χ1n) is 16.3. The lowest BCUT2D eigenvalue weighted by Gasteiger charge is -2.27. The Morgan fingerprint density at radius 2 is 1.47 bits per heavy atom. The van der Waals surface area contributed by atoms with E-state index in [1.807, 2.05) is 19.9 Å². The van der Waals surface area contributed by atoms with Crippen LogP contribution in [-0.2, 0) is 43.3 Å². The zero-order valence-corrected chi connectivity index (χ0v) is 29.0. The minimum Gasteiger partial charge on any atom is -0.469 e. The Hall–Kier alpha value is -5.77. The Kier molecular flexibility index (Phi) is 15.6. The van der Waals surface area contributed by atoms with Gasteiger partial charge in [0.1, 0.15) is 18.7 Å². The van der Waals surface area contributed by atoms with Gasteiger partial charge in [-0.05, 0) is 23.5 Å². The number of carbonyl (C=O) groups is 6. The number of amides is 7. The van der Waals surface area contributed by atoms with Gasteiger partial charge in [0, 0.05) is 31.8 Å². The zero-order chi connectivity index (χ0) is 37.3. The van der Waals surface area contributed by atoms with E-state index in [-0.39, 0.29) is 38.2 Å². The average molecular weight is 708 g/mol. The fourth-order valence-electron chi connectivity index (χ4n) is 4.90. The van der Waals surface area contributed by atoms with Gasteiger partial charge in [-0.3, -0.25) is 19.7 Å². The standard InChI is InChI=1S/C35H45N7O9/c1-22(2)15-26(29(43)18-30(44)50-4)39-33(47)42(3)34(48)41-32(46)28(17-25-19-36-21-37-25)38-31(45)27(16-23-11-7-5-8-12-23)40-35(49)51-20-24-13-9-6-10-14-24/h5-14,19,21-22,26-29,43H,15-18,20H2,1-4H3,(H,36,37)(H,38,45)(H,39,47)(H,40,49)(H,41,46,48)/t26?,27-,28-,29?/m0/s1. The molecule has 2 unspecified atom stereocenters. The number of alkyl carbamates (subject to hydrolysis) is 1. The lowest BCUT2D eigenvalue weighted by atomic mass is 9.97. The van der Waals surface area contributed by atoms with Crippen molar-refractivity contribution in [2.45, 2.75) is 70.4 Å². The summed E-state index contributed by atoms with van der Waals surface area (Å²) in [7, 11) is 2.28. The molecule has 16 nitrogen and oxygen atoms in total. The maximum atomic E-state index is 13.7. The number of benzene rings is 2. The topological polar surface area (TPSA) is 221 Å². The third kappa shape index (κ3) is 13.6. The highest BCUT2D eigenvalue weighted by molar-refractivity contribution is 6.04. The second-order valence-corrected chi connectivity index (χ2v) is 12.2. The Labute approximate surface area is 295 Å². The zero-order valence-electron chi connectivity index (χ0n) is 29.0. The van der Waals surface area contributed by atoms with Gasteiger partial charge in [0.05, 0.1) is 32.0 Å². The van der Waals surface area contributed by atoms with E-state index in [1.54, 1.807) is 54.6 Å². The molecular formula is C35H45N7O9. The molecule has 0 aliphatic carbocycles. The van der Waals surface area contributed by atoms with Crippen molar-refractivity contribution in [2.24, 2.45) is 5.92 Å². The summed E-state index contributed by atoms with van der Waals surface area (Å²) >= 11 is 0. The summed E-state index contributed by atoms with van der Waals surface area (Å²) in [5.74, 6) is -2.39. The van der Waals surface area contributed by atoms with Crippen molar-refractivity contribution in [3.63, 3.8) is 0 Å². The van der Waals surface area contributed by atoms with Gasteiger partial charge < -0.3 is 35.5 Å². The van der Waals surface area contributed by atoms with Crippen molar-refractivity contribution in [3.05, 3.63) is 90.0 Å². The monoisotopic (exact) mass is 707 g/mol. The summed E-state index contributed by atoms with van der Waals surface area (Å²) in [6.07, 6.45) is 0.448. The number of imide groups is 2. The number of carbonyl (C=O) groups excluding carboxylic acids is 6. The maximum Gasteiger partial charge on any atom is 0.408 e. The van der Waals surface area contributed by atoms with Gasteiger partial charge in [0.15, 0.2) is 0 Å². The van der Waals surface area contributed by atoms with E-state index in [9.17, 15) is 33.9 Å². The summed E-state index contributed by atoms with van der Waals surface area (Å²) in [6, 6.07) is 12.3.